The van der Waals surface area contributed by atoms with Gasteiger partial charge in [-0.25, -0.2) is 9.59 Å². The Bertz CT molecular complexity index is 1160. The highest BCUT2D eigenvalue weighted by atomic mass is 16.5. The molecule has 9 nitrogen and oxygen atoms in total. The number of aromatic nitrogens is 2. The Labute approximate surface area is 159 Å². The van der Waals surface area contributed by atoms with Gasteiger partial charge in [0.25, 0.3) is 5.56 Å². The van der Waals surface area contributed by atoms with Gasteiger partial charge < -0.3 is 19.5 Å². The number of esters is 1. The third-order valence-corrected chi connectivity index (χ3v) is 5.18. The number of ether oxygens (including phenoxy) is 3. The molecule has 1 atom stereocenters. The van der Waals surface area contributed by atoms with Crippen LogP contribution >= 0.6 is 0 Å². The van der Waals surface area contributed by atoms with E-state index in [1.54, 1.807) is 25.2 Å². The Balaban J connectivity index is 2.12. The third-order valence-electron chi connectivity index (χ3n) is 5.18. The predicted molar refractivity (Wildman–Crippen MR) is 99.9 cm³/mol. The smallest absolute Gasteiger partial charge is 0.337 e. The van der Waals surface area contributed by atoms with Gasteiger partial charge >= 0.3 is 11.7 Å². The van der Waals surface area contributed by atoms with Gasteiger partial charge in [0.15, 0.2) is 11.5 Å². The summed E-state index contributed by atoms with van der Waals surface area (Å²) >= 11 is 0. The van der Waals surface area contributed by atoms with E-state index in [9.17, 15) is 14.4 Å². The van der Waals surface area contributed by atoms with Crippen molar-refractivity contribution in [1.29, 1.82) is 0 Å². The summed E-state index contributed by atoms with van der Waals surface area (Å²) in [5.74, 6) is -0.0729. The van der Waals surface area contributed by atoms with Crippen LogP contribution in [0.4, 0.5) is 5.82 Å². The summed E-state index contributed by atoms with van der Waals surface area (Å²) in [4.78, 5) is 38.0. The van der Waals surface area contributed by atoms with E-state index in [2.05, 4.69) is 5.32 Å². The van der Waals surface area contributed by atoms with Crippen molar-refractivity contribution >= 4 is 11.8 Å². The van der Waals surface area contributed by atoms with E-state index < -0.39 is 23.1 Å². The molecule has 2 aromatic rings. The predicted octanol–water partition coefficient (Wildman–Crippen LogP) is 0.469. The average molecular weight is 385 g/mol. The van der Waals surface area contributed by atoms with Gasteiger partial charge in [0.05, 0.1) is 37.0 Å². The van der Waals surface area contributed by atoms with Crippen LogP contribution in [0, 0.1) is 0 Å². The summed E-state index contributed by atoms with van der Waals surface area (Å²) in [5, 5.41) is 3.04. The molecule has 0 amide bonds. The molecule has 0 unspecified atom stereocenters. The number of nitrogens with zero attached hydrogens (tertiary/aromatic N) is 2. The summed E-state index contributed by atoms with van der Waals surface area (Å²) in [6.45, 7) is 0.0415. The van der Waals surface area contributed by atoms with Gasteiger partial charge in [-0.05, 0) is 6.07 Å². The van der Waals surface area contributed by atoms with Crippen LogP contribution in [0.1, 0.15) is 17.0 Å². The second-order valence-corrected chi connectivity index (χ2v) is 6.58. The molecule has 2 aliphatic heterocycles. The van der Waals surface area contributed by atoms with Crippen molar-refractivity contribution in [2.45, 2.75) is 5.92 Å². The van der Waals surface area contributed by atoms with Crippen molar-refractivity contribution in [2.75, 3.05) is 26.1 Å². The van der Waals surface area contributed by atoms with E-state index >= 15 is 0 Å². The second-order valence-electron chi connectivity index (χ2n) is 6.58. The lowest BCUT2D eigenvalue weighted by Crippen LogP contribution is -2.43. The summed E-state index contributed by atoms with van der Waals surface area (Å²) in [6, 6.07) is 5.25. The highest BCUT2D eigenvalue weighted by Gasteiger charge is 2.43. The van der Waals surface area contributed by atoms with E-state index in [-0.39, 0.29) is 12.2 Å². The zero-order chi connectivity index (χ0) is 20.2. The zero-order valence-corrected chi connectivity index (χ0v) is 15.9. The normalized spacial score (nSPS) is 17.6. The molecule has 0 saturated carbocycles. The number of hydrogen-bond acceptors (Lipinski definition) is 7. The van der Waals surface area contributed by atoms with Crippen molar-refractivity contribution in [3.05, 3.63) is 61.4 Å². The van der Waals surface area contributed by atoms with Gasteiger partial charge in [-0.1, -0.05) is 12.1 Å². The van der Waals surface area contributed by atoms with Crippen molar-refractivity contribution in [2.24, 2.45) is 14.1 Å². The molecule has 146 valence electrons. The Morgan fingerprint density at radius 2 is 1.86 bits per heavy atom. The van der Waals surface area contributed by atoms with Crippen LogP contribution in [-0.2, 0) is 23.6 Å². The van der Waals surface area contributed by atoms with Gasteiger partial charge in [0.2, 0.25) is 0 Å². The number of fused-ring (bicyclic) bond motifs is 1. The molecule has 2 aliphatic rings. The van der Waals surface area contributed by atoms with Gasteiger partial charge in [-0.15, -0.1) is 0 Å². The number of methoxy groups -OCH3 is 2. The van der Waals surface area contributed by atoms with Gasteiger partial charge in [-0.2, -0.15) is 0 Å². The Hall–Kier alpha value is -3.49. The van der Waals surface area contributed by atoms with Crippen LogP contribution in [0.15, 0.2) is 39.1 Å². The van der Waals surface area contributed by atoms with Gasteiger partial charge in [0, 0.05) is 19.7 Å². The number of cyclic esters (lactones) is 1. The highest BCUT2D eigenvalue weighted by Crippen LogP contribution is 2.47. The molecule has 0 aliphatic carbocycles. The molecule has 0 radical (unpaired) electrons. The summed E-state index contributed by atoms with van der Waals surface area (Å²) in [7, 11) is 5.97. The van der Waals surface area contributed by atoms with E-state index in [4.69, 9.17) is 14.2 Å². The first-order valence-corrected chi connectivity index (χ1v) is 8.58. The van der Waals surface area contributed by atoms with Crippen LogP contribution in [-0.4, -0.2) is 35.9 Å². The molecule has 9 heteroatoms. The average Bonchev–Trinajstić information content (AvgIpc) is 3.09. The van der Waals surface area contributed by atoms with Crippen molar-refractivity contribution in [3.8, 4) is 11.5 Å². The minimum absolute atomic E-state index is 0.0415. The molecule has 1 aromatic heterocycles. The molecule has 3 heterocycles. The number of rotatable bonds is 3. The first-order chi connectivity index (χ1) is 13.4. The molecule has 1 N–H and O–H groups in total. The molecule has 28 heavy (non-hydrogen) atoms. The number of hydrogen-bond donors (Lipinski definition) is 1. The monoisotopic (exact) mass is 385 g/mol. The largest absolute Gasteiger partial charge is 0.493 e. The molecule has 0 saturated heterocycles. The second kappa shape index (κ2) is 6.29. The Kier molecular flexibility index (Phi) is 4.02. The highest BCUT2D eigenvalue weighted by molar-refractivity contribution is 5.97. The fourth-order valence-corrected chi connectivity index (χ4v) is 3.83. The number of anilines is 1. The standard InChI is InChI=1S/C19H19N3O6/c1-21-16-14(17(23)22(2)19(21)25)12(13-10(20-16)8-28-18(13)24)9-6-5-7-11(26-3)15(9)27-4/h5-7,12,20H,8H2,1-4H3/t12-/m1/s1. The topological polar surface area (TPSA) is 101 Å². The summed E-state index contributed by atoms with van der Waals surface area (Å²) in [6.07, 6.45) is 0. The molecular formula is C19H19N3O6. The molecule has 0 spiro atoms. The lowest BCUT2D eigenvalue weighted by atomic mass is 9.82. The number of nitrogens with one attached hydrogen (secondary N) is 1. The fourth-order valence-electron chi connectivity index (χ4n) is 3.83. The fraction of sp³-hybridized carbons (Fsp3) is 0.316. The first kappa shape index (κ1) is 17.9. The minimum atomic E-state index is -0.767. The number of benzene rings is 1. The lowest BCUT2D eigenvalue weighted by molar-refractivity contribution is -0.136. The maximum absolute atomic E-state index is 13.1. The summed E-state index contributed by atoms with van der Waals surface area (Å²) < 4.78 is 18.5. The van der Waals surface area contributed by atoms with E-state index in [1.807, 2.05) is 0 Å². The van der Waals surface area contributed by atoms with Crippen LogP contribution in [0.3, 0.4) is 0 Å². The van der Waals surface area contributed by atoms with Crippen LogP contribution < -0.4 is 26.0 Å². The van der Waals surface area contributed by atoms with Crippen LogP contribution in [0.5, 0.6) is 11.5 Å². The number of carbonyl (C=O) groups is 1. The van der Waals surface area contributed by atoms with Crippen LogP contribution in [0.25, 0.3) is 0 Å². The van der Waals surface area contributed by atoms with Crippen molar-refractivity contribution in [1.82, 2.24) is 9.13 Å². The molecule has 0 fully saturated rings. The van der Waals surface area contributed by atoms with E-state index in [0.29, 0.717) is 34.2 Å². The van der Waals surface area contributed by atoms with Crippen molar-refractivity contribution in [3.63, 3.8) is 0 Å². The third kappa shape index (κ3) is 2.29. The number of carbonyl (C=O) groups excluding carboxylic acids is 1. The van der Waals surface area contributed by atoms with Gasteiger partial charge in [-0.3, -0.25) is 13.9 Å². The molecule has 4 rings (SSSR count). The molecule has 1 aromatic carbocycles. The lowest BCUT2D eigenvalue weighted by Gasteiger charge is -2.29. The summed E-state index contributed by atoms with van der Waals surface area (Å²) in [5.41, 5.74) is 0.736. The van der Waals surface area contributed by atoms with Gasteiger partial charge in [0.1, 0.15) is 12.4 Å². The zero-order valence-electron chi connectivity index (χ0n) is 15.9. The maximum Gasteiger partial charge on any atom is 0.337 e. The quantitative estimate of drug-likeness (QED) is 0.767. The van der Waals surface area contributed by atoms with Crippen LogP contribution in [0.2, 0.25) is 0 Å². The van der Waals surface area contributed by atoms with Crippen molar-refractivity contribution < 1.29 is 19.0 Å². The minimum Gasteiger partial charge on any atom is -0.493 e. The molecule has 0 bridgehead atoms. The SMILES string of the molecule is COc1cccc([C@@H]2C3=C(COC3=O)Nc3c2c(=O)n(C)c(=O)n3C)c1OC. The first-order valence-electron chi connectivity index (χ1n) is 8.58. The Morgan fingerprint density at radius 1 is 1.11 bits per heavy atom. The number of para-hydroxylation sites is 1. The van der Waals surface area contributed by atoms with E-state index in [1.165, 1.54) is 25.8 Å². The Morgan fingerprint density at radius 3 is 2.54 bits per heavy atom. The van der Waals surface area contributed by atoms with E-state index in [0.717, 1.165) is 4.57 Å². The maximum atomic E-state index is 13.1. The molecular weight excluding hydrogens is 366 g/mol.